The van der Waals surface area contributed by atoms with Gasteiger partial charge in [-0.2, -0.15) is 0 Å². The van der Waals surface area contributed by atoms with Gasteiger partial charge in [0.05, 0.1) is 16.5 Å². The van der Waals surface area contributed by atoms with Crippen LogP contribution in [0.2, 0.25) is 0 Å². The molecule has 6 heteroatoms. The number of nitrogens with zero attached hydrogens (tertiary/aromatic N) is 2. The zero-order valence-electron chi connectivity index (χ0n) is 18.6. The van der Waals surface area contributed by atoms with Crippen molar-refractivity contribution in [2.45, 2.75) is 46.1 Å². The summed E-state index contributed by atoms with van der Waals surface area (Å²) in [5.41, 5.74) is 1.34. The number of esters is 1. The van der Waals surface area contributed by atoms with Crippen LogP contribution in [0.5, 0.6) is 0 Å². The summed E-state index contributed by atoms with van der Waals surface area (Å²) in [6.45, 7) is 6.51. The standard InChI is InChI=1S/C25H30N2O4/c1-16(2)20-12-10-17(3)14-23(20)31-25(29)19-11-13-22(27(4)26-30)21(15-19)24(28)18-8-6-5-7-9-18/h5-9,11,13,15-17,20,23H,10,12,14H2,1-4H3. The van der Waals surface area contributed by atoms with Gasteiger partial charge in [0.25, 0.3) is 0 Å². The van der Waals surface area contributed by atoms with Crippen LogP contribution in [-0.2, 0) is 4.74 Å². The molecule has 0 aromatic heterocycles. The van der Waals surface area contributed by atoms with Crippen molar-refractivity contribution >= 4 is 17.4 Å². The lowest BCUT2D eigenvalue weighted by molar-refractivity contribution is -0.0174. The van der Waals surface area contributed by atoms with Crippen molar-refractivity contribution in [1.82, 2.24) is 0 Å². The van der Waals surface area contributed by atoms with E-state index < -0.39 is 5.97 Å². The molecule has 1 fully saturated rings. The molecule has 3 atom stereocenters. The molecule has 0 aliphatic heterocycles. The van der Waals surface area contributed by atoms with Crippen molar-refractivity contribution in [2.24, 2.45) is 23.0 Å². The quantitative estimate of drug-likeness (QED) is 0.249. The molecular weight excluding hydrogens is 392 g/mol. The van der Waals surface area contributed by atoms with E-state index in [0.29, 0.717) is 34.6 Å². The lowest BCUT2D eigenvalue weighted by Gasteiger charge is -2.36. The monoisotopic (exact) mass is 422 g/mol. The van der Waals surface area contributed by atoms with Crippen LogP contribution in [-0.4, -0.2) is 24.9 Å². The second-order valence-electron chi connectivity index (χ2n) is 8.80. The molecule has 2 aromatic rings. The van der Waals surface area contributed by atoms with Crippen LogP contribution in [0.3, 0.4) is 0 Å². The summed E-state index contributed by atoms with van der Waals surface area (Å²) in [7, 11) is 1.47. The van der Waals surface area contributed by atoms with Crippen LogP contribution in [0.15, 0.2) is 53.8 Å². The largest absolute Gasteiger partial charge is 0.458 e. The summed E-state index contributed by atoms with van der Waals surface area (Å²) in [6.07, 6.45) is 2.90. The fourth-order valence-corrected chi connectivity index (χ4v) is 4.37. The minimum absolute atomic E-state index is 0.136. The Balaban J connectivity index is 1.91. The fraction of sp³-hybridized carbons (Fsp3) is 0.440. The van der Waals surface area contributed by atoms with Gasteiger partial charge in [-0.05, 0) is 48.8 Å². The molecule has 1 aliphatic rings. The predicted molar refractivity (Wildman–Crippen MR) is 121 cm³/mol. The summed E-state index contributed by atoms with van der Waals surface area (Å²) in [5, 5.41) is 4.00. The lowest BCUT2D eigenvalue weighted by atomic mass is 9.75. The van der Waals surface area contributed by atoms with Gasteiger partial charge in [0.1, 0.15) is 6.10 Å². The Labute approximate surface area is 183 Å². The first-order valence-electron chi connectivity index (χ1n) is 10.8. The van der Waals surface area contributed by atoms with Crippen LogP contribution in [0.4, 0.5) is 5.69 Å². The van der Waals surface area contributed by atoms with Gasteiger partial charge >= 0.3 is 5.97 Å². The maximum atomic E-state index is 13.1. The van der Waals surface area contributed by atoms with E-state index >= 15 is 0 Å². The van der Waals surface area contributed by atoms with E-state index in [1.807, 2.05) is 6.07 Å². The second kappa shape index (κ2) is 9.86. The van der Waals surface area contributed by atoms with Crippen LogP contribution in [0.1, 0.15) is 66.3 Å². The molecule has 2 aromatic carbocycles. The van der Waals surface area contributed by atoms with Gasteiger partial charge in [0.2, 0.25) is 0 Å². The van der Waals surface area contributed by atoms with Gasteiger partial charge in [-0.1, -0.05) is 57.5 Å². The number of ketones is 1. The lowest BCUT2D eigenvalue weighted by Crippen LogP contribution is -2.35. The Morgan fingerprint density at radius 3 is 2.42 bits per heavy atom. The van der Waals surface area contributed by atoms with Crippen molar-refractivity contribution in [3.8, 4) is 0 Å². The first-order chi connectivity index (χ1) is 14.8. The predicted octanol–water partition coefficient (Wildman–Crippen LogP) is 5.65. The van der Waals surface area contributed by atoms with Gasteiger partial charge in [-0.15, -0.1) is 4.91 Å². The number of ether oxygens (including phenoxy) is 1. The third-order valence-electron chi connectivity index (χ3n) is 6.20. The molecule has 164 valence electrons. The molecule has 1 saturated carbocycles. The normalized spacial score (nSPS) is 20.9. The molecule has 0 heterocycles. The molecule has 0 N–H and O–H groups in total. The first-order valence-corrected chi connectivity index (χ1v) is 10.8. The number of carbonyl (C=O) groups excluding carboxylic acids is 2. The maximum absolute atomic E-state index is 13.1. The third-order valence-corrected chi connectivity index (χ3v) is 6.20. The van der Waals surface area contributed by atoms with Gasteiger partial charge in [-0.25, -0.2) is 9.80 Å². The topological polar surface area (TPSA) is 76.0 Å². The average molecular weight is 423 g/mol. The second-order valence-corrected chi connectivity index (χ2v) is 8.80. The van der Waals surface area contributed by atoms with Crippen LogP contribution >= 0.6 is 0 Å². The number of anilines is 1. The number of hydrogen-bond donors (Lipinski definition) is 0. The fourth-order valence-electron chi connectivity index (χ4n) is 4.37. The van der Waals surface area contributed by atoms with E-state index in [4.69, 9.17) is 4.74 Å². The average Bonchev–Trinajstić information content (AvgIpc) is 2.78. The highest BCUT2D eigenvalue weighted by molar-refractivity contribution is 6.13. The minimum atomic E-state index is -0.444. The SMILES string of the molecule is CC1CCC(C(C)C)C(OC(=O)c2ccc(N(C)N=O)c(C(=O)c3ccccc3)c2)C1. The van der Waals surface area contributed by atoms with Crippen LogP contribution in [0, 0.1) is 22.7 Å². The van der Waals surface area contributed by atoms with E-state index in [0.717, 1.165) is 24.3 Å². The van der Waals surface area contributed by atoms with Gasteiger partial charge in [-0.3, -0.25) is 4.79 Å². The number of benzene rings is 2. The Morgan fingerprint density at radius 1 is 1.06 bits per heavy atom. The molecular formula is C25H30N2O4. The highest BCUT2D eigenvalue weighted by atomic mass is 16.5. The van der Waals surface area contributed by atoms with Crippen molar-refractivity contribution in [3.05, 3.63) is 70.1 Å². The maximum Gasteiger partial charge on any atom is 0.338 e. The summed E-state index contributed by atoms with van der Waals surface area (Å²) >= 11 is 0. The van der Waals surface area contributed by atoms with E-state index in [-0.39, 0.29) is 17.5 Å². The highest BCUT2D eigenvalue weighted by Crippen LogP contribution is 2.36. The van der Waals surface area contributed by atoms with Crippen molar-refractivity contribution < 1.29 is 14.3 Å². The number of rotatable bonds is 7. The number of hydrogen-bond acceptors (Lipinski definition) is 5. The summed E-state index contributed by atoms with van der Waals surface area (Å²) in [6, 6.07) is 13.4. The molecule has 3 unspecified atom stereocenters. The molecule has 1 aliphatic carbocycles. The smallest absolute Gasteiger partial charge is 0.338 e. The highest BCUT2D eigenvalue weighted by Gasteiger charge is 2.34. The van der Waals surface area contributed by atoms with Gasteiger partial charge < -0.3 is 4.74 Å². The van der Waals surface area contributed by atoms with Gasteiger partial charge in [0.15, 0.2) is 5.78 Å². The van der Waals surface area contributed by atoms with Crippen LogP contribution in [0.25, 0.3) is 0 Å². The molecule has 0 amide bonds. The zero-order chi connectivity index (χ0) is 22.5. The first kappa shape index (κ1) is 22.7. The van der Waals surface area contributed by atoms with E-state index in [2.05, 4.69) is 26.1 Å². The van der Waals surface area contributed by atoms with Crippen molar-refractivity contribution in [3.63, 3.8) is 0 Å². The Bertz CT molecular complexity index is 942. The molecule has 0 radical (unpaired) electrons. The van der Waals surface area contributed by atoms with Crippen LogP contribution < -0.4 is 5.01 Å². The Morgan fingerprint density at radius 2 is 1.77 bits per heavy atom. The van der Waals surface area contributed by atoms with E-state index in [9.17, 15) is 14.5 Å². The summed E-state index contributed by atoms with van der Waals surface area (Å²) < 4.78 is 5.94. The molecule has 6 nitrogen and oxygen atoms in total. The van der Waals surface area contributed by atoms with E-state index in [1.54, 1.807) is 36.4 Å². The summed E-state index contributed by atoms with van der Waals surface area (Å²) in [5.74, 6) is 0.537. The van der Waals surface area contributed by atoms with E-state index in [1.165, 1.54) is 13.1 Å². The van der Waals surface area contributed by atoms with Gasteiger partial charge in [0, 0.05) is 18.2 Å². The molecule has 3 rings (SSSR count). The minimum Gasteiger partial charge on any atom is -0.458 e. The zero-order valence-corrected chi connectivity index (χ0v) is 18.6. The molecule has 31 heavy (non-hydrogen) atoms. The molecule has 0 spiro atoms. The molecule has 0 saturated heterocycles. The Kier molecular flexibility index (Phi) is 7.21. The number of nitroso groups, excluding NO2 is 1. The third kappa shape index (κ3) is 5.19. The van der Waals surface area contributed by atoms with Crippen molar-refractivity contribution in [2.75, 3.05) is 12.1 Å². The molecule has 0 bridgehead atoms. The summed E-state index contributed by atoms with van der Waals surface area (Å²) in [4.78, 5) is 37.2. The van der Waals surface area contributed by atoms with Crippen molar-refractivity contribution in [1.29, 1.82) is 0 Å². The Hall–Kier alpha value is -3.02. The number of carbonyl (C=O) groups is 2.